The summed E-state index contributed by atoms with van der Waals surface area (Å²) >= 11 is 5.97. The van der Waals surface area contributed by atoms with E-state index in [2.05, 4.69) is 10.3 Å². The van der Waals surface area contributed by atoms with Gasteiger partial charge in [0.25, 0.3) is 0 Å². The van der Waals surface area contributed by atoms with Gasteiger partial charge in [-0.25, -0.2) is 0 Å². The van der Waals surface area contributed by atoms with E-state index in [1.54, 1.807) is 6.07 Å². The lowest BCUT2D eigenvalue weighted by atomic mass is 9.83. The van der Waals surface area contributed by atoms with E-state index in [1.165, 1.54) is 19.3 Å². The molecule has 2 N–H and O–H groups in total. The molecule has 0 radical (unpaired) electrons. The first-order chi connectivity index (χ1) is 8.93. The van der Waals surface area contributed by atoms with Crippen molar-refractivity contribution in [3.8, 4) is 0 Å². The minimum atomic E-state index is -1.52. The zero-order valence-corrected chi connectivity index (χ0v) is 11.3. The topological polar surface area (TPSA) is 79.3 Å². The second-order valence-corrected chi connectivity index (χ2v) is 5.44. The second-order valence-electron chi connectivity index (χ2n) is 5.03. The summed E-state index contributed by atoms with van der Waals surface area (Å²) in [6, 6.07) is 1.76. The summed E-state index contributed by atoms with van der Waals surface area (Å²) in [6.45, 7) is 1.42. The SMILES string of the molecule is CC(Cc1ccncc1Cl)(C(=O)O)C(=O)NC1CC1. The van der Waals surface area contributed by atoms with Crippen LogP contribution in [-0.2, 0) is 16.0 Å². The quantitative estimate of drug-likeness (QED) is 0.805. The number of rotatable bonds is 5. The van der Waals surface area contributed by atoms with E-state index < -0.39 is 17.3 Å². The van der Waals surface area contributed by atoms with Crippen molar-refractivity contribution in [3.63, 3.8) is 0 Å². The molecule has 1 aliphatic rings. The molecule has 19 heavy (non-hydrogen) atoms. The minimum absolute atomic E-state index is 0.0439. The molecule has 1 aromatic heterocycles. The Balaban J connectivity index is 2.21. The lowest BCUT2D eigenvalue weighted by molar-refractivity contribution is -0.154. The van der Waals surface area contributed by atoms with Gasteiger partial charge in [0.2, 0.25) is 5.91 Å². The van der Waals surface area contributed by atoms with Crippen molar-refractivity contribution in [3.05, 3.63) is 29.0 Å². The van der Waals surface area contributed by atoms with Gasteiger partial charge in [-0.15, -0.1) is 0 Å². The molecule has 1 unspecified atom stereocenters. The van der Waals surface area contributed by atoms with E-state index in [0.29, 0.717) is 10.6 Å². The van der Waals surface area contributed by atoms with Crippen molar-refractivity contribution in [2.45, 2.75) is 32.2 Å². The van der Waals surface area contributed by atoms with E-state index in [9.17, 15) is 14.7 Å². The number of nitrogens with one attached hydrogen (secondary N) is 1. The number of carbonyl (C=O) groups is 2. The number of halogens is 1. The molecule has 102 valence electrons. The molecule has 0 aromatic carbocycles. The zero-order chi connectivity index (χ0) is 14.0. The molecule has 2 rings (SSSR count). The fraction of sp³-hybridized carbons (Fsp3) is 0.462. The number of nitrogens with zero attached hydrogens (tertiary/aromatic N) is 1. The van der Waals surface area contributed by atoms with E-state index in [1.807, 2.05) is 0 Å². The number of amides is 1. The maximum atomic E-state index is 12.1. The highest BCUT2D eigenvalue weighted by atomic mass is 35.5. The van der Waals surface area contributed by atoms with Gasteiger partial charge in [0.15, 0.2) is 0 Å². The predicted molar refractivity (Wildman–Crippen MR) is 69.9 cm³/mol. The highest BCUT2D eigenvalue weighted by Gasteiger charge is 2.43. The fourth-order valence-corrected chi connectivity index (χ4v) is 1.94. The Bertz CT molecular complexity index is 516. The molecule has 1 amide bonds. The van der Waals surface area contributed by atoms with Gasteiger partial charge in [-0.3, -0.25) is 14.6 Å². The molecule has 0 spiro atoms. The third-order valence-electron chi connectivity index (χ3n) is 3.29. The maximum absolute atomic E-state index is 12.1. The zero-order valence-electron chi connectivity index (χ0n) is 10.5. The van der Waals surface area contributed by atoms with Crippen LogP contribution in [0, 0.1) is 5.41 Å². The third-order valence-corrected chi connectivity index (χ3v) is 3.63. The number of hydrogen-bond acceptors (Lipinski definition) is 3. The number of aliphatic carboxylic acids is 1. The molecule has 0 saturated heterocycles. The predicted octanol–water partition coefficient (Wildman–Crippen LogP) is 1.65. The molecule has 1 aliphatic carbocycles. The number of hydrogen-bond donors (Lipinski definition) is 2. The highest BCUT2D eigenvalue weighted by molar-refractivity contribution is 6.31. The number of pyridine rings is 1. The molecular weight excluding hydrogens is 268 g/mol. The van der Waals surface area contributed by atoms with Gasteiger partial charge in [-0.1, -0.05) is 11.6 Å². The van der Waals surface area contributed by atoms with Gasteiger partial charge < -0.3 is 10.4 Å². The fourth-order valence-electron chi connectivity index (χ4n) is 1.75. The Hall–Kier alpha value is -1.62. The Morgan fingerprint density at radius 1 is 1.58 bits per heavy atom. The summed E-state index contributed by atoms with van der Waals surface area (Å²) in [5.74, 6) is -1.62. The Kier molecular flexibility index (Phi) is 3.75. The standard InChI is InChI=1S/C13H15ClN2O3/c1-13(12(18)19,11(17)16-9-2-3-9)6-8-4-5-15-7-10(8)14/h4-5,7,9H,2-3,6H2,1H3,(H,16,17)(H,18,19). The van der Waals surface area contributed by atoms with Crippen molar-refractivity contribution in [2.75, 3.05) is 0 Å². The van der Waals surface area contributed by atoms with Crippen molar-refractivity contribution in [1.29, 1.82) is 0 Å². The average Bonchev–Trinajstić information content (AvgIpc) is 3.15. The van der Waals surface area contributed by atoms with Gasteiger partial charge in [0.05, 0.1) is 5.02 Å². The van der Waals surface area contributed by atoms with Crippen LogP contribution in [-0.4, -0.2) is 28.0 Å². The van der Waals surface area contributed by atoms with E-state index in [0.717, 1.165) is 12.8 Å². The number of carboxylic acid groups (broad SMARTS) is 1. The van der Waals surface area contributed by atoms with Gasteiger partial charge in [0.1, 0.15) is 5.41 Å². The summed E-state index contributed by atoms with van der Waals surface area (Å²) in [5.41, 5.74) is -0.916. The van der Waals surface area contributed by atoms with Crippen LogP contribution in [0.4, 0.5) is 0 Å². The average molecular weight is 283 g/mol. The molecule has 5 nitrogen and oxygen atoms in total. The number of aromatic nitrogens is 1. The van der Waals surface area contributed by atoms with Gasteiger partial charge in [0, 0.05) is 18.4 Å². The smallest absolute Gasteiger partial charge is 0.319 e. The molecule has 0 bridgehead atoms. The van der Waals surface area contributed by atoms with Crippen LogP contribution < -0.4 is 5.32 Å². The largest absolute Gasteiger partial charge is 0.480 e. The molecule has 1 saturated carbocycles. The van der Waals surface area contributed by atoms with Crippen LogP contribution in [0.25, 0.3) is 0 Å². The summed E-state index contributed by atoms with van der Waals surface area (Å²) in [6.07, 6.45) is 4.84. The molecular formula is C13H15ClN2O3. The Morgan fingerprint density at radius 2 is 2.26 bits per heavy atom. The summed E-state index contributed by atoms with van der Waals surface area (Å²) in [4.78, 5) is 27.4. The maximum Gasteiger partial charge on any atom is 0.319 e. The lowest BCUT2D eigenvalue weighted by Gasteiger charge is -2.24. The van der Waals surface area contributed by atoms with Crippen LogP contribution >= 0.6 is 11.6 Å². The van der Waals surface area contributed by atoms with Crippen LogP contribution in [0.5, 0.6) is 0 Å². The molecule has 1 aromatic rings. The second kappa shape index (κ2) is 5.17. The highest BCUT2D eigenvalue weighted by Crippen LogP contribution is 2.29. The summed E-state index contributed by atoms with van der Waals surface area (Å²) in [5, 5.41) is 12.5. The van der Waals surface area contributed by atoms with Crippen molar-refractivity contribution < 1.29 is 14.7 Å². The monoisotopic (exact) mass is 282 g/mol. The van der Waals surface area contributed by atoms with Crippen LogP contribution in [0.1, 0.15) is 25.3 Å². The van der Waals surface area contributed by atoms with Crippen LogP contribution in [0.3, 0.4) is 0 Å². The van der Waals surface area contributed by atoms with Crippen LogP contribution in [0.15, 0.2) is 18.5 Å². The first-order valence-electron chi connectivity index (χ1n) is 6.06. The first-order valence-corrected chi connectivity index (χ1v) is 6.44. The molecule has 0 aliphatic heterocycles. The normalized spacial score (nSPS) is 17.6. The number of carbonyl (C=O) groups excluding carboxylic acids is 1. The Labute approximate surface area is 116 Å². The molecule has 1 heterocycles. The van der Waals surface area contributed by atoms with E-state index in [4.69, 9.17) is 11.6 Å². The van der Waals surface area contributed by atoms with Crippen molar-refractivity contribution >= 4 is 23.5 Å². The van der Waals surface area contributed by atoms with E-state index >= 15 is 0 Å². The first kappa shape index (κ1) is 13.8. The summed E-state index contributed by atoms with van der Waals surface area (Å²) < 4.78 is 0. The molecule has 6 heteroatoms. The van der Waals surface area contributed by atoms with E-state index in [-0.39, 0.29) is 12.5 Å². The lowest BCUT2D eigenvalue weighted by Crippen LogP contribution is -2.46. The van der Waals surface area contributed by atoms with Crippen molar-refractivity contribution in [1.82, 2.24) is 10.3 Å². The number of carboxylic acids is 1. The van der Waals surface area contributed by atoms with Gasteiger partial charge in [-0.2, -0.15) is 0 Å². The van der Waals surface area contributed by atoms with Crippen LogP contribution in [0.2, 0.25) is 5.02 Å². The third kappa shape index (κ3) is 3.04. The minimum Gasteiger partial charge on any atom is -0.480 e. The Morgan fingerprint density at radius 3 is 2.79 bits per heavy atom. The van der Waals surface area contributed by atoms with Gasteiger partial charge in [-0.05, 0) is 37.8 Å². The molecule has 1 atom stereocenters. The van der Waals surface area contributed by atoms with Gasteiger partial charge >= 0.3 is 5.97 Å². The van der Waals surface area contributed by atoms with Crippen molar-refractivity contribution in [2.24, 2.45) is 5.41 Å². The molecule has 1 fully saturated rings. The summed E-state index contributed by atoms with van der Waals surface area (Å²) in [7, 11) is 0.